The number of para-hydroxylation sites is 1. The third kappa shape index (κ3) is 2.70. The molecule has 0 spiro atoms. The number of fused-ring (bicyclic) bond motifs is 1. The van der Waals surface area contributed by atoms with Crippen molar-refractivity contribution in [3.63, 3.8) is 0 Å². The SMILES string of the molecule is CCNC(c1cccc(Br)c1F)C1COc2ccccc21. The molecule has 2 atom stereocenters. The summed E-state index contributed by atoms with van der Waals surface area (Å²) >= 11 is 3.27. The van der Waals surface area contributed by atoms with Gasteiger partial charge in [-0.1, -0.05) is 37.3 Å². The highest BCUT2D eigenvalue weighted by Gasteiger charge is 2.33. The first-order valence-electron chi connectivity index (χ1n) is 7.11. The summed E-state index contributed by atoms with van der Waals surface area (Å²) in [5.41, 5.74) is 1.82. The molecular formula is C17H17BrFNO. The molecule has 1 heterocycles. The van der Waals surface area contributed by atoms with E-state index < -0.39 is 0 Å². The van der Waals surface area contributed by atoms with Crippen LogP contribution in [-0.4, -0.2) is 13.2 Å². The number of hydrogen-bond acceptors (Lipinski definition) is 2. The van der Waals surface area contributed by atoms with Gasteiger partial charge in [-0.05, 0) is 34.6 Å². The summed E-state index contributed by atoms with van der Waals surface area (Å²) in [5, 5.41) is 3.41. The minimum absolute atomic E-state index is 0.101. The molecule has 0 saturated carbocycles. The second-order valence-electron chi connectivity index (χ2n) is 5.13. The number of halogens is 2. The van der Waals surface area contributed by atoms with Gasteiger partial charge in [-0.15, -0.1) is 0 Å². The van der Waals surface area contributed by atoms with Crippen LogP contribution in [0.2, 0.25) is 0 Å². The molecule has 110 valence electrons. The molecule has 2 aromatic rings. The molecular weight excluding hydrogens is 333 g/mol. The summed E-state index contributed by atoms with van der Waals surface area (Å²) in [5.74, 6) is 0.818. The number of rotatable bonds is 4. The Morgan fingerprint density at radius 2 is 2.10 bits per heavy atom. The van der Waals surface area contributed by atoms with E-state index in [2.05, 4.69) is 27.3 Å². The van der Waals surface area contributed by atoms with Gasteiger partial charge in [0.2, 0.25) is 0 Å². The van der Waals surface area contributed by atoms with Gasteiger partial charge in [0.05, 0.1) is 11.1 Å². The van der Waals surface area contributed by atoms with Gasteiger partial charge >= 0.3 is 0 Å². The molecule has 0 fully saturated rings. The van der Waals surface area contributed by atoms with E-state index in [0.29, 0.717) is 16.6 Å². The van der Waals surface area contributed by atoms with Crippen LogP contribution in [-0.2, 0) is 0 Å². The van der Waals surface area contributed by atoms with Gasteiger partial charge in [-0.25, -0.2) is 4.39 Å². The molecule has 0 bridgehead atoms. The van der Waals surface area contributed by atoms with Gasteiger partial charge < -0.3 is 10.1 Å². The van der Waals surface area contributed by atoms with E-state index in [-0.39, 0.29) is 17.8 Å². The van der Waals surface area contributed by atoms with Crippen LogP contribution < -0.4 is 10.1 Å². The first-order chi connectivity index (χ1) is 10.2. The van der Waals surface area contributed by atoms with Gasteiger partial charge in [-0.3, -0.25) is 0 Å². The Labute approximate surface area is 132 Å². The van der Waals surface area contributed by atoms with Crippen LogP contribution >= 0.6 is 15.9 Å². The van der Waals surface area contributed by atoms with Crippen LogP contribution in [0.25, 0.3) is 0 Å². The molecule has 2 unspecified atom stereocenters. The van der Waals surface area contributed by atoms with Gasteiger partial charge in [0, 0.05) is 23.1 Å². The molecule has 0 aromatic heterocycles. The number of likely N-dealkylation sites (N-methyl/N-ethyl adjacent to an activating group) is 1. The third-order valence-corrected chi connectivity index (χ3v) is 4.49. The van der Waals surface area contributed by atoms with E-state index in [1.54, 1.807) is 6.07 Å². The van der Waals surface area contributed by atoms with E-state index in [4.69, 9.17) is 4.74 Å². The Bertz CT molecular complexity index is 646. The van der Waals surface area contributed by atoms with Crippen molar-refractivity contribution in [2.24, 2.45) is 0 Å². The molecule has 2 aromatic carbocycles. The monoisotopic (exact) mass is 349 g/mol. The zero-order valence-electron chi connectivity index (χ0n) is 11.8. The molecule has 1 aliphatic rings. The van der Waals surface area contributed by atoms with Gasteiger partial charge in [0.15, 0.2) is 0 Å². The number of nitrogens with one attached hydrogen (secondary N) is 1. The first kappa shape index (κ1) is 14.5. The van der Waals surface area contributed by atoms with Crippen LogP contribution in [0.3, 0.4) is 0 Å². The molecule has 2 nitrogen and oxygen atoms in total. The summed E-state index contributed by atoms with van der Waals surface area (Å²) in [6.45, 7) is 3.38. The van der Waals surface area contributed by atoms with Crippen molar-refractivity contribution in [2.75, 3.05) is 13.2 Å². The first-order valence-corrected chi connectivity index (χ1v) is 7.90. The van der Waals surface area contributed by atoms with Gasteiger partial charge in [0.25, 0.3) is 0 Å². The fourth-order valence-electron chi connectivity index (χ4n) is 2.91. The Hall–Kier alpha value is -1.39. The smallest absolute Gasteiger partial charge is 0.142 e. The lowest BCUT2D eigenvalue weighted by Crippen LogP contribution is -2.28. The zero-order valence-corrected chi connectivity index (χ0v) is 13.4. The summed E-state index contributed by atoms with van der Waals surface area (Å²) < 4.78 is 20.7. The van der Waals surface area contributed by atoms with Gasteiger partial charge in [0.1, 0.15) is 11.6 Å². The van der Waals surface area contributed by atoms with Gasteiger partial charge in [-0.2, -0.15) is 0 Å². The molecule has 0 aliphatic carbocycles. The highest BCUT2D eigenvalue weighted by molar-refractivity contribution is 9.10. The molecule has 1 N–H and O–H groups in total. The van der Waals surface area contributed by atoms with Crippen LogP contribution in [0.5, 0.6) is 5.75 Å². The second kappa shape index (κ2) is 6.16. The largest absolute Gasteiger partial charge is 0.493 e. The fourth-order valence-corrected chi connectivity index (χ4v) is 3.29. The molecule has 21 heavy (non-hydrogen) atoms. The maximum Gasteiger partial charge on any atom is 0.142 e. The normalized spacial score (nSPS) is 18.1. The lowest BCUT2D eigenvalue weighted by Gasteiger charge is -2.25. The average Bonchev–Trinajstić information content (AvgIpc) is 2.92. The highest BCUT2D eigenvalue weighted by Crippen LogP contribution is 2.42. The molecule has 0 radical (unpaired) electrons. The average molecular weight is 350 g/mol. The van der Waals surface area contributed by atoms with E-state index >= 15 is 0 Å². The van der Waals surface area contributed by atoms with Crippen molar-refractivity contribution in [1.82, 2.24) is 5.32 Å². The van der Waals surface area contributed by atoms with E-state index in [0.717, 1.165) is 17.9 Å². The summed E-state index contributed by atoms with van der Waals surface area (Å²) in [7, 11) is 0. The lowest BCUT2D eigenvalue weighted by molar-refractivity contribution is 0.298. The molecule has 1 aliphatic heterocycles. The summed E-state index contributed by atoms with van der Waals surface area (Å²) in [4.78, 5) is 0. The maximum absolute atomic E-state index is 14.5. The second-order valence-corrected chi connectivity index (χ2v) is 5.99. The third-order valence-electron chi connectivity index (χ3n) is 3.88. The number of ether oxygens (including phenoxy) is 1. The van der Waals surface area contributed by atoms with E-state index in [1.807, 2.05) is 37.3 Å². The van der Waals surface area contributed by atoms with Crippen molar-refractivity contribution in [1.29, 1.82) is 0 Å². The minimum atomic E-state index is -0.201. The Kier molecular flexibility index (Phi) is 4.27. The Balaban J connectivity index is 2.02. The Morgan fingerprint density at radius 1 is 1.29 bits per heavy atom. The van der Waals surface area contributed by atoms with Crippen molar-refractivity contribution < 1.29 is 9.13 Å². The van der Waals surface area contributed by atoms with E-state index in [9.17, 15) is 4.39 Å². The zero-order chi connectivity index (χ0) is 14.8. The van der Waals surface area contributed by atoms with Crippen molar-refractivity contribution in [3.8, 4) is 5.75 Å². The lowest BCUT2D eigenvalue weighted by atomic mass is 9.88. The Morgan fingerprint density at radius 3 is 2.90 bits per heavy atom. The molecule has 0 amide bonds. The van der Waals surface area contributed by atoms with Crippen LogP contribution in [0.4, 0.5) is 4.39 Å². The standard InChI is InChI=1S/C17H17BrFNO/c1-2-20-17(12-7-5-8-14(18)16(12)19)13-10-21-15-9-4-3-6-11(13)15/h3-9,13,17,20H,2,10H2,1H3. The van der Waals surface area contributed by atoms with Crippen molar-refractivity contribution >= 4 is 15.9 Å². The highest BCUT2D eigenvalue weighted by atomic mass is 79.9. The molecule has 4 heteroatoms. The minimum Gasteiger partial charge on any atom is -0.493 e. The van der Waals surface area contributed by atoms with Crippen molar-refractivity contribution in [3.05, 3.63) is 63.9 Å². The predicted molar refractivity (Wildman–Crippen MR) is 85.2 cm³/mol. The summed E-state index contributed by atoms with van der Waals surface area (Å²) in [6.07, 6.45) is 0. The topological polar surface area (TPSA) is 21.3 Å². The maximum atomic E-state index is 14.5. The van der Waals surface area contributed by atoms with Crippen LogP contribution in [0, 0.1) is 5.82 Å². The fraction of sp³-hybridized carbons (Fsp3) is 0.294. The number of hydrogen-bond donors (Lipinski definition) is 1. The molecule has 3 rings (SSSR count). The van der Waals surface area contributed by atoms with Crippen molar-refractivity contribution in [2.45, 2.75) is 18.9 Å². The predicted octanol–water partition coefficient (Wildman–Crippen LogP) is 4.42. The van der Waals surface area contributed by atoms with E-state index in [1.165, 1.54) is 0 Å². The number of benzene rings is 2. The van der Waals surface area contributed by atoms with Crippen LogP contribution in [0.1, 0.15) is 30.0 Å². The summed E-state index contributed by atoms with van der Waals surface area (Å²) in [6, 6.07) is 13.3. The quantitative estimate of drug-likeness (QED) is 0.882. The van der Waals surface area contributed by atoms with Crippen LogP contribution in [0.15, 0.2) is 46.9 Å². The molecule has 0 saturated heterocycles.